The number of carbonyl (C=O) groups is 3. The number of amides is 3. The fraction of sp³-hybridized carbons (Fsp3) is 0.364. The zero-order chi connectivity index (χ0) is 30.1. The van der Waals surface area contributed by atoms with Crippen LogP contribution in [0.2, 0.25) is 0 Å². The number of benzene rings is 3. The Morgan fingerprint density at radius 2 is 1.52 bits per heavy atom. The molecule has 2 N–H and O–H groups in total. The maximum Gasteiger partial charge on any atom is 0.246 e. The second-order valence-corrected chi connectivity index (χ2v) is 10.3. The highest BCUT2D eigenvalue weighted by molar-refractivity contribution is 5.98. The number of piperazine rings is 1. The van der Waals surface area contributed by atoms with Crippen LogP contribution in [0, 0.1) is 0 Å². The van der Waals surface area contributed by atoms with Gasteiger partial charge in [-0.05, 0) is 60.6 Å². The van der Waals surface area contributed by atoms with Crippen molar-refractivity contribution in [1.82, 2.24) is 15.5 Å². The van der Waals surface area contributed by atoms with E-state index >= 15 is 0 Å². The first-order valence-corrected chi connectivity index (χ1v) is 14.2. The van der Waals surface area contributed by atoms with Gasteiger partial charge in [0.25, 0.3) is 0 Å². The molecular weight excluding hydrogens is 534 g/mol. The van der Waals surface area contributed by atoms with Gasteiger partial charge in [-0.25, -0.2) is 0 Å². The van der Waals surface area contributed by atoms with Crippen LogP contribution in [0.4, 0.5) is 0 Å². The van der Waals surface area contributed by atoms with Gasteiger partial charge in [0.1, 0.15) is 18.6 Å². The Labute approximate surface area is 247 Å². The third kappa shape index (κ3) is 7.40. The summed E-state index contributed by atoms with van der Waals surface area (Å²) >= 11 is 0. The molecule has 42 heavy (non-hydrogen) atoms. The van der Waals surface area contributed by atoms with E-state index in [0.717, 1.165) is 36.0 Å². The van der Waals surface area contributed by atoms with E-state index in [2.05, 4.69) is 22.8 Å². The number of methoxy groups -OCH3 is 3. The molecule has 9 nitrogen and oxygen atoms in total. The fourth-order valence-electron chi connectivity index (χ4n) is 5.09. The van der Waals surface area contributed by atoms with Crippen molar-refractivity contribution in [2.24, 2.45) is 0 Å². The first kappa shape index (κ1) is 30.4. The Morgan fingerprint density at radius 1 is 0.857 bits per heavy atom. The van der Waals surface area contributed by atoms with Crippen molar-refractivity contribution in [3.63, 3.8) is 0 Å². The molecule has 0 aromatic heterocycles. The summed E-state index contributed by atoms with van der Waals surface area (Å²) < 4.78 is 16.3. The lowest BCUT2D eigenvalue weighted by Crippen LogP contribution is -2.64. The van der Waals surface area contributed by atoms with Crippen LogP contribution >= 0.6 is 0 Å². The summed E-state index contributed by atoms with van der Waals surface area (Å²) in [6.45, 7) is 2.02. The Kier molecular flexibility index (Phi) is 10.4. The van der Waals surface area contributed by atoms with Gasteiger partial charge in [0.15, 0.2) is 11.5 Å². The van der Waals surface area contributed by atoms with E-state index in [4.69, 9.17) is 14.2 Å². The van der Waals surface area contributed by atoms with E-state index in [9.17, 15) is 14.4 Å². The molecule has 0 radical (unpaired) electrons. The lowest BCUT2D eigenvalue weighted by Gasteiger charge is -2.37. The molecule has 0 saturated carbocycles. The fourth-order valence-corrected chi connectivity index (χ4v) is 5.09. The standard InChI is InChI=1S/C33H39N3O6/c1-22-32(38)35-27(33(39)36(22)21-30(37)34-17-9-8-12-23-10-6-5-7-11-23)18-24-13-15-25(16-14-24)26-19-28(40-2)31(42-4)29(20-26)41-3/h5-7,10-11,13-16,19-20,22,27H,8-9,12,17-18,21H2,1-4H3,(H,34,37)(H,35,38)/t22-,27-/m1/s1. The first-order chi connectivity index (χ1) is 20.3. The molecule has 1 saturated heterocycles. The van der Waals surface area contributed by atoms with Gasteiger partial charge in [-0.2, -0.15) is 0 Å². The number of carbonyl (C=O) groups excluding carboxylic acids is 3. The van der Waals surface area contributed by atoms with Crippen molar-refractivity contribution in [3.8, 4) is 28.4 Å². The van der Waals surface area contributed by atoms with Crippen molar-refractivity contribution < 1.29 is 28.6 Å². The minimum absolute atomic E-state index is 0.150. The maximum absolute atomic E-state index is 13.3. The van der Waals surface area contributed by atoms with Crippen molar-refractivity contribution in [2.45, 2.75) is 44.7 Å². The Bertz CT molecular complexity index is 1350. The molecular formula is C33H39N3O6. The minimum Gasteiger partial charge on any atom is -0.493 e. The van der Waals surface area contributed by atoms with Crippen LogP contribution < -0.4 is 24.8 Å². The van der Waals surface area contributed by atoms with Gasteiger partial charge in [-0.1, -0.05) is 54.6 Å². The molecule has 0 unspecified atom stereocenters. The van der Waals surface area contributed by atoms with E-state index in [0.29, 0.717) is 30.2 Å². The van der Waals surface area contributed by atoms with E-state index in [1.54, 1.807) is 28.3 Å². The number of unbranched alkanes of at least 4 members (excludes halogenated alkanes) is 1. The van der Waals surface area contributed by atoms with Gasteiger partial charge in [-0.15, -0.1) is 0 Å². The molecule has 3 aromatic carbocycles. The molecule has 222 valence electrons. The van der Waals surface area contributed by atoms with Gasteiger partial charge >= 0.3 is 0 Å². The molecule has 4 rings (SSSR count). The second kappa shape index (κ2) is 14.4. The third-order valence-corrected chi connectivity index (χ3v) is 7.51. The van der Waals surface area contributed by atoms with Gasteiger partial charge in [-0.3, -0.25) is 14.4 Å². The summed E-state index contributed by atoms with van der Waals surface area (Å²) in [4.78, 5) is 40.1. The van der Waals surface area contributed by atoms with Crippen LogP contribution in [0.15, 0.2) is 66.7 Å². The van der Waals surface area contributed by atoms with Crippen molar-refractivity contribution in [3.05, 3.63) is 77.9 Å². The molecule has 9 heteroatoms. The largest absolute Gasteiger partial charge is 0.493 e. The number of rotatable bonds is 13. The molecule has 1 aliphatic rings. The van der Waals surface area contributed by atoms with Crippen molar-refractivity contribution in [2.75, 3.05) is 34.4 Å². The third-order valence-electron chi connectivity index (χ3n) is 7.51. The highest BCUT2D eigenvalue weighted by Crippen LogP contribution is 2.41. The lowest BCUT2D eigenvalue weighted by atomic mass is 9.97. The van der Waals surface area contributed by atoms with Crippen LogP contribution in [0.25, 0.3) is 11.1 Å². The number of aryl methyl sites for hydroxylation is 1. The van der Waals surface area contributed by atoms with E-state index < -0.39 is 12.1 Å². The first-order valence-electron chi connectivity index (χ1n) is 14.2. The molecule has 0 bridgehead atoms. The molecule has 3 amide bonds. The summed E-state index contributed by atoms with van der Waals surface area (Å²) in [5.74, 6) is 0.814. The SMILES string of the molecule is COc1cc(-c2ccc(C[C@H]3NC(=O)[C@@H](C)N(CC(=O)NCCCCc4ccccc4)C3=O)cc2)cc(OC)c1OC. The molecule has 0 aliphatic carbocycles. The van der Waals surface area contributed by atoms with E-state index in [1.807, 2.05) is 54.6 Å². The quantitative estimate of drug-likeness (QED) is 0.302. The average Bonchev–Trinajstić information content (AvgIpc) is 3.01. The van der Waals surface area contributed by atoms with Crippen LogP contribution in [-0.2, 0) is 27.2 Å². The van der Waals surface area contributed by atoms with E-state index in [-0.39, 0.29) is 24.3 Å². The second-order valence-electron chi connectivity index (χ2n) is 10.3. The van der Waals surface area contributed by atoms with Crippen LogP contribution in [0.5, 0.6) is 17.2 Å². The number of hydrogen-bond acceptors (Lipinski definition) is 6. The zero-order valence-electron chi connectivity index (χ0n) is 24.6. The van der Waals surface area contributed by atoms with Crippen LogP contribution in [0.3, 0.4) is 0 Å². The van der Waals surface area contributed by atoms with Gasteiger partial charge < -0.3 is 29.7 Å². The van der Waals surface area contributed by atoms with E-state index in [1.165, 1.54) is 10.5 Å². The molecule has 0 spiro atoms. The summed E-state index contributed by atoms with van der Waals surface area (Å²) in [6, 6.07) is 20.2. The monoisotopic (exact) mass is 573 g/mol. The lowest BCUT2D eigenvalue weighted by molar-refractivity contribution is -0.150. The predicted molar refractivity (Wildman–Crippen MR) is 161 cm³/mol. The number of hydrogen-bond donors (Lipinski definition) is 2. The summed E-state index contributed by atoms with van der Waals surface area (Å²) in [6.07, 6.45) is 3.04. The Morgan fingerprint density at radius 3 is 2.14 bits per heavy atom. The highest BCUT2D eigenvalue weighted by atomic mass is 16.5. The summed E-state index contributed by atoms with van der Waals surface area (Å²) in [5.41, 5.74) is 3.95. The minimum atomic E-state index is -0.751. The predicted octanol–water partition coefficient (Wildman–Crippen LogP) is 3.78. The topological polar surface area (TPSA) is 106 Å². The number of ether oxygens (including phenoxy) is 3. The smallest absolute Gasteiger partial charge is 0.246 e. The molecule has 1 fully saturated rings. The molecule has 1 heterocycles. The van der Waals surface area contributed by atoms with Crippen LogP contribution in [0.1, 0.15) is 30.9 Å². The normalized spacial score (nSPS) is 16.5. The molecule has 1 aliphatic heterocycles. The molecule has 3 aromatic rings. The van der Waals surface area contributed by atoms with Crippen LogP contribution in [-0.4, -0.2) is 69.1 Å². The van der Waals surface area contributed by atoms with Gasteiger partial charge in [0, 0.05) is 13.0 Å². The number of nitrogens with one attached hydrogen (secondary N) is 2. The Hall–Kier alpha value is -4.53. The van der Waals surface area contributed by atoms with Gasteiger partial charge in [0.2, 0.25) is 23.5 Å². The summed E-state index contributed by atoms with van der Waals surface area (Å²) in [7, 11) is 4.70. The van der Waals surface area contributed by atoms with Crippen molar-refractivity contribution in [1.29, 1.82) is 0 Å². The highest BCUT2D eigenvalue weighted by Gasteiger charge is 2.38. The zero-order valence-corrected chi connectivity index (χ0v) is 24.6. The average molecular weight is 574 g/mol. The molecule has 2 atom stereocenters. The van der Waals surface area contributed by atoms with Crippen molar-refractivity contribution >= 4 is 17.7 Å². The van der Waals surface area contributed by atoms with Gasteiger partial charge in [0.05, 0.1) is 21.3 Å². The number of nitrogens with zero attached hydrogens (tertiary/aromatic N) is 1. The Balaban J connectivity index is 1.34. The summed E-state index contributed by atoms with van der Waals surface area (Å²) in [5, 5.41) is 5.72. The maximum atomic E-state index is 13.3.